The molecule has 3 rings (SSSR count). The number of carbonyl (C=O) groups excluding carboxylic acids is 2. The number of aryl methyl sites for hydroxylation is 1. The number of rotatable bonds is 7. The number of anilines is 1. The molecule has 8 nitrogen and oxygen atoms in total. The molecular weight excluding hydrogens is 342 g/mol. The molecule has 3 aromatic rings. The maximum Gasteiger partial charge on any atom is 0.357 e. The molecule has 0 unspecified atom stereocenters. The van der Waals surface area contributed by atoms with Gasteiger partial charge in [0.25, 0.3) is 0 Å². The Morgan fingerprint density at radius 3 is 3.04 bits per heavy atom. The molecule has 0 aromatic carbocycles. The molecule has 0 radical (unpaired) electrons. The summed E-state index contributed by atoms with van der Waals surface area (Å²) in [5.74, 6) is 0.179. The lowest BCUT2D eigenvalue weighted by Crippen LogP contribution is -2.12. The van der Waals surface area contributed by atoms with Gasteiger partial charge in [0.1, 0.15) is 5.82 Å². The van der Waals surface area contributed by atoms with Crippen LogP contribution in [0.5, 0.6) is 0 Å². The number of nitrogens with zero attached hydrogens (tertiary/aromatic N) is 4. The van der Waals surface area contributed by atoms with Gasteiger partial charge in [-0.05, 0) is 25.5 Å². The van der Waals surface area contributed by atoms with Crippen molar-refractivity contribution in [1.82, 2.24) is 19.6 Å². The van der Waals surface area contributed by atoms with E-state index in [2.05, 4.69) is 20.5 Å². The number of fused-ring (bicyclic) bond motifs is 1. The van der Waals surface area contributed by atoms with Crippen molar-refractivity contribution in [1.29, 1.82) is 0 Å². The first-order valence-corrected chi connectivity index (χ1v) is 8.76. The zero-order chi connectivity index (χ0) is 17.6. The Morgan fingerprint density at radius 2 is 2.20 bits per heavy atom. The van der Waals surface area contributed by atoms with Gasteiger partial charge >= 0.3 is 5.97 Å². The zero-order valence-corrected chi connectivity index (χ0v) is 14.5. The Morgan fingerprint density at radius 1 is 1.32 bits per heavy atom. The Bertz CT molecular complexity index is 889. The summed E-state index contributed by atoms with van der Waals surface area (Å²) in [6.45, 7) is 2.01. The number of hydrogen-bond acceptors (Lipinski definition) is 7. The fourth-order valence-electron chi connectivity index (χ4n) is 2.28. The standard InChI is InChI=1S/C16H17N5O3S/c1-2-24-15(23)11-10-25-16(17-11)18-14(22)8-5-7-13-20-19-12-6-3-4-9-21(12)13/h3-4,6,9-10H,2,5,7-8H2,1H3,(H,17,18,22). The highest BCUT2D eigenvalue weighted by molar-refractivity contribution is 7.14. The van der Waals surface area contributed by atoms with Gasteiger partial charge in [-0.3, -0.25) is 9.20 Å². The summed E-state index contributed by atoms with van der Waals surface area (Å²) < 4.78 is 6.77. The van der Waals surface area contributed by atoms with Crippen molar-refractivity contribution in [2.45, 2.75) is 26.2 Å². The van der Waals surface area contributed by atoms with Gasteiger partial charge in [-0.1, -0.05) is 6.07 Å². The van der Waals surface area contributed by atoms with Crippen LogP contribution in [-0.4, -0.2) is 38.1 Å². The number of ether oxygens (including phenoxy) is 1. The Kier molecular flexibility index (Phi) is 5.34. The smallest absolute Gasteiger partial charge is 0.357 e. The first-order chi connectivity index (χ1) is 12.2. The molecule has 0 spiro atoms. The topological polar surface area (TPSA) is 98.5 Å². The van der Waals surface area contributed by atoms with Gasteiger partial charge in [-0.25, -0.2) is 9.78 Å². The average Bonchev–Trinajstić information content (AvgIpc) is 3.23. The van der Waals surface area contributed by atoms with Crippen molar-refractivity contribution < 1.29 is 14.3 Å². The molecule has 1 N–H and O–H groups in total. The SMILES string of the molecule is CCOC(=O)c1csc(NC(=O)CCCc2nnc3ccccn23)n1. The molecule has 0 atom stereocenters. The third kappa shape index (κ3) is 4.18. The van der Waals surface area contributed by atoms with E-state index >= 15 is 0 Å². The van der Waals surface area contributed by atoms with E-state index in [1.165, 1.54) is 11.3 Å². The highest BCUT2D eigenvalue weighted by Gasteiger charge is 2.13. The molecule has 0 fully saturated rings. The molecule has 130 valence electrons. The Balaban J connectivity index is 1.49. The van der Waals surface area contributed by atoms with Crippen LogP contribution in [0.1, 0.15) is 36.1 Å². The van der Waals surface area contributed by atoms with Crippen molar-refractivity contribution in [3.05, 3.63) is 41.3 Å². The molecule has 0 aliphatic carbocycles. The van der Waals surface area contributed by atoms with E-state index in [1.807, 2.05) is 28.8 Å². The normalized spacial score (nSPS) is 10.8. The number of aromatic nitrogens is 4. The number of nitrogens with one attached hydrogen (secondary N) is 1. The summed E-state index contributed by atoms with van der Waals surface area (Å²) in [4.78, 5) is 27.6. The second-order valence-electron chi connectivity index (χ2n) is 5.21. The Labute approximate surface area is 147 Å². The van der Waals surface area contributed by atoms with Crippen molar-refractivity contribution in [3.8, 4) is 0 Å². The third-order valence-electron chi connectivity index (χ3n) is 3.42. The molecule has 3 heterocycles. The second-order valence-corrected chi connectivity index (χ2v) is 6.06. The molecule has 3 aromatic heterocycles. The van der Waals surface area contributed by atoms with E-state index < -0.39 is 5.97 Å². The van der Waals surface area contributed by atoms with Crippen LogP contribution >= 0.6 is 11.3 Å². The second kappa shape index (κ2) is 7.84. The highest BCUT2D eigenvalue weighted by atomic mass is 32.1. The molecule has 0 saturated carbocycles. The first-order valence-electron chi connectivity index (χ1n) is 7.88. The minimum absolute atomic E-state index is 0.154. The molecule has 0 saturated heterocycles. The van der Waals surface area contributed by atoms with Crippen LogP contribution in [0.3, 0.4) is 0 Å². The van der Waals surface area contributed by atoms with E-state index in [4.69, 9.17) is 4.74 Å². The molecule has 0 aliphatic rings. The Hall–Kier alpha value is -2.81. The van der Waals surface area contributed by atoms with Crippen LogP contribution in [-0.2, 0) is 16.0 Å². The fraction of sp³-hybridized carbons (Fsp3) is 0.312. The minimum atomic E-state index is -0.488. The number of pyridine rings is 1. The van der Waals surface area contributed by atoms with Gasteiger partial charge in [0, 0.05) is 24.4 Å². The number of hydrogen-bond donors (Lipinski definition) is 1. The summed E-state index contributed by atoms with van der Waals surface area (Å²) in [5.41, 5.74) is 0.994. The molecular formula is C16H17N5O3S. The van der Waals surface area contributed by atoms with Crippen LogP contribution in [0.25, 0.3) is 5.65 Å². The van der Waals surface area contributed by atoms with E-state index in [1.54, 1.807) is 12.3 Å². The molecule has 0 bridgehead atoms. The number of esters is 1. The van der Waals surface area contributed by atoms with Gasteiger partial charge < -0.3 is 10.1 Å². The summed E-state index contributed by atoms with van der Waals surface area (Å²) in [7, 11) is 0. The van der Waals surface area contributed by atoms with E-state index in [-0.39, 0.29) is 18.2 Å². The van der Waals surface area contributed by atoms with Gasteiger partial charge in [0.05, 0.1) is 6.61 Å². The highest BCUT2D eigenvalue weighted by Crippen LogP contribution is 2.17. The number of thiazole rings is 1. The predicted octanol–water partition coefficient (Wildman–Crippen LogP) is 2.32. The third-order valence-corrected chi connectivity index (χ3v) is 4.18. The predicted molar refractivity (Wildman–Crippen MR) is 92.6 cm³/mol. The maximum atomic E-state index is 12.0. The van der Waals surface area contributed by atoms with Gasteiger partial charge in [0.2, 0.25) is 5.91 Å². The molecule has 0 aliphatic heterocycles. The van der Waals surface area contributed by atoms with Crippen molar-refractivity contribution in [2.24, 2.45) is 0 Å². The number of amides is 1. The van der Waals surface area contributed by atoms with E-state index in [0.717, 1.165) is 11.5 Å². The van der Waals surface area contributed by atoms with Gasteiger partial charge in [0.15, 0.2) is 16.5 Å². The molecule has 1 amide bonds. The summed E-state index contributed by atoms with van der Waals surface area (Å²) in [5, 5.41) is 12.9. The van der Waals surface area contributed by atoms with Crippen LogP contribution in [0.2, 0.25) is 0 Å². The lowest BCUT2D eigenvalue weighted by atomic mass is 10.2. The van der Waals surface area contributed by atoms with Gasteiger partial charge in [-0.15, -0.1) is 21.5 Å². The van der Waals surface area contributed by atoms with Gasteiger partial charge in [-0.2, -0.15) is 0 Å². The fourth-order valence-corrected chi connectivity index (χ4v) is 2.98. The van der Waals surface area contributed by atoms with Crippen LogP contribution in [0, 0.1) is 0 Å². The zero-order valence-electron chi connectivity index (χ0n) is 13.6. The molecule has 9 heteroatoms. The average molecular weight is 359 g/mol. The minimum Gasteiger partial charge on any atom is -0.461 e. The van der Waals surface area contributed by atoms with E-state index in [0.29, 0.717) is 24.4 Å². The largest absolute Gasteiger partial charge is 0.461 e. The summed E-state index contributed by atoms with van der Waals surface area (Å²) in [6, 6.07) is 5.70. The summed E-state index contributed by atoms with van der Waals surface area (Å²) >= 11 is 1.19. The van der Waals surface area contributed by atoms with E-state index in [9.17, 15) is 9.59 Å². The van der Waals surface area contributed by atoms with Crippen LogP contribution in [0.15, 0.2) is 29.8 Å². The van der Waals surface area contributed by atoms with Crippen molar-refractivity contribution >= 4 is 34.0 Å². The lowest BCUT2D eigenvalue weighted by molar-refractivity contribution is -0.116. The lowest BCUT2D eigenvalue weighted by Gasteiger charge is -2.02. The summed E-state index contributed by atoms with van der Waals surface area (Å²) in [6.07, 6.45) is 3.51. The molecule has 25 heavy (non-hydrogen) atoms. The van der Waals surface area contributed by atoms with Crippen molar-refractivity contribution in [3.63, 3.8) is 0 Å². The quantitative estimate of drug-likeness (QED) is 0.650. The number of carbonyl (C=O) groups is 2. The van der Waals surface area contributed by atoms with Crippen molar-refractivity contribution in [2.75, 3.05) is 11.9 Å². The van der Waals surface area contributed by atoms with Crippen LogP contribution in [0.4, 0.5) is 5.13 Å². The first kappa shape index (κ1) is 17.0. The van der Waals surface area contributed by atoms with Crippen LogP contribution < -0.4 is 5.32 Å². The maximum absolute atomic E-state index is 12.0. The monoisotopic (exact) mass is 359 g/mol.